The Balaban J connectivity index is 1.79. The maximum absolute atomic E-state index is 13.4. The third kappa shape index (κ3) is 4.57. The van der Waals surface area contributed by atoms with Gasteiger partial charge in [0.1, 0.15) is 5.82 Å². The molecule has 0 radical (unpaired) electrons. The lowest BCUT2D eigenvalue weighted by molar-refractivity contribution is 0.0937. The standard InChI is InChI=1S/C21H25FN2O3/c1-26-19-9-8-15(13-20(19)27-2)18(24-10-3-4-11-24)14-23-21(25)16-6-5-7-17(22)12-16/h5-9,12-13,18H,3-4,10-11,14H2,1-2H3,(H,23,25). The first-order chi connectivity index (χ1) is 13.1. The number of carbonyl (C=O) groups is 1. The van der Waals surface area contributed by atoms with Crippen LogP contribution in [0.25, 0.3) is 0 Å². The summed E-state index contributed by atoms with van der Waals surface area (Å²) in [7, 11) is 3.22. The summed E-state index contributed by atoms with van der Waals surface area (Å²) in [4.78, 5) is 14.8. The van der Waals surface area contributed by atoms with Crippen LogP contribution in [0, 0.1) is 5.82 Å². The van der Waals surface area contributed by atoms with Crippen LogP contribution < -0.4 is 14.8 Å². The second kappa shape index (κ2) is 8.86. The number of nitrogens with zero attached hydrogens (tertiary/aromatic N) is 1. The fourth-order valence-electron chi connectivity index (χ4n) is 3.49. The Morgan fingerprint density at radius 1 is 1.11 bits per heavy atom. The number of ether oxygens (including phenoxy) is 2. The largest absolute Gasteiger partial charge is 0.493 e. The predicted octanol–water partition coefficient (Wildman–Crippen LogP) is 3.41. The summed E-state index contributed by atoms with van der Waals surface area (Å²) in [6.07, 6.45) is 2.28. The number of nitrogens with one attached hydrogen (secondary N) is 1. The van der Waals surface area contributed by atoms with Gasteiger partial charge in [-0.05, 0) is 61.8 Å². The summed E-state index contributed by atoms with van der Waals surface area (Å²) >= 11 is 0. The van der Waals surface area contributed by atoms with E-state index in [2.05, 4.69) is 10.2 Å². The molecule has 1 unspecified atom stereocenters. The molecule has 1 amide bonds. The van der Waals surface area contributed by atoms with Crippen LogP contribution in [0.1, 0.15) is 34.8 Å². The van der Waals surface area contributed by atoms with E-state index >= 15 is 0 Å². The van der Waals surface area contributed by atoms with Crippen LogP contribution in [0.5, 0.6) is 11.5 Å². The molecule has 2 aromatic carbocycles. The maximum atomic E-state index is 13.4. The van der Waals surface area contributed by atoms with Crippen molar-refractivity contribution in [3.8, 4) is 11.5 Å². The Morgan fingerprint density at radius 3 is 2.52 bits per heavy atom. The molecular formula is C21H25FN2O3. The van der Waals surface area contributed by atoms with Crippen LogP contribution in [0.4, 0.5) is 4.39 Å². The SMILES string of the molecule is COc1ccc(C(CNC(=O)c2cccc(F)c2)N2CCCC2)cc1OC. The Labute approximate surface area is 159 Å². The molecule has 1 aliphatic heterocycles. The van der Waals surface area contributed by atoms with E-state index in [1.165, 1.54) is 18.2 Å². The van der Waals surface area contributed by atoms with Gasteiger partial charge in [0.15, 0.2) is 11.5 Å². The quantitative estimate of drug-likeness (QED) is 0.809. The Morgan fingerprint density at radius 2 is 1.85 bits per heavy atom. The van der Waals surface area contributed by atoms with Gasteiger partial charge < -0.3 is 14.8 Å². The zero-order valence-electron chi connectivity index (χ0n) is 15.7. The fourth-order valence-corrected chi connectivity index (χ4v) is 3.49. The lowest BCUT2D eigenvalue weighted by atomic mass is 10.0. The molecule has 0 bridgehead atoms. The highest BCUT2D eigenvalue weighted by atomic mass is 19.1. The molecule has 1 saturated heterocycles. The third-order valence-corrected chi connectivity index (χ3v) is 4.92. The summed E-state index contributed by atoms with van der Waals surface area (Å²) in [5.74, 6) is 0.638. The number of benzene rings is 2. The van der Waals surface area contributed by atoms with Crippen molar-refractivity contribution < 1.29 is 18.7 Å². The molecule has 0 aliphatic carbocycles. The van der Waals surface area contributed by atoms with Crippen molar-refractivity contribution in [2.24, 2.45) is 0 Å². The Hall–Kier alpha value is -2.60. The topological polar surface area (TPSA) is 50.8 Å². The highest BCUT2D eigenvalue weighted by Gasteiger charge is 2.25. The monoisotopic (exact) mass is 372 g/mol. The summed E-state index contributed by atoms with van der Waals surface area (Å²) in [6.45, 7) is 2.40. The molecule has 1 atom stereocenters. The van der Waals surface area contributed by atoms with Gasteiger partial charge in [-0.25, -0.2) is 4.39 Å². The van der Waals surface area contributed by atoms with Crippen molar-refractivity contribution >= 4 is 5.91 Å². The molecule has 3 rings (SSSR count). The van der Waals surface area contributed by atoms with Gasteiger partial charge in [-0.2, -0.15) is 0 Å². The highest BCUT2D eigenvalue weighted by Crippen LogP contribution is 2.33. The van der Waals surface area contributed by atoms with Gasteiger partial charge in [0.2, 0.25) is 0 Å². The van der Waals surface area contributed by atoms with Crippen LogP contribution >= 0.6 is 0 Å². The van der Waals surface area contributed by atoms with Gasteiger partial charge in [0, 0.05) is 12.1 Å². The van der Waals surface area contributed by atoms with Crippen LogP contribution in [-0.2, 0) is 0 Å². The van der Waals surface area contributed by atoms with Crippen LogP contribution in [0.3, 0.4) is 0 Å². The Kier molecular flexibility index (Phi) is 6.29. The van der Waals surface area contributed by atoms with Crippen LogP contribution in [-0.4, -0.2) is 44.7 Å². The minimum Gasteiger partial charge on any atom is -0.493 e. The van der Waals surface area contributed by atoms with E-state index in [9.17, 15) is 9.18 Å². The number of rotatable bonds is 7. The molecule has 0 spiro atoms. The summed E-state index contributed by atoms with van der Waals surface area (Å²) in [5, 5.41) is 2.95. The molecule has 2 aromatic rings. The van der Waals surface area contributed by atoms with Gasteiger partial charge in [0.05, 0.1) is 20.3 Å². The minimum atomic E-state index is -0.418. The van der Waals surface area contributed by atoms with Crippen molar-refractivity contribution in [1.82, 2.24) is 10.2 Å². The molecule has 1 fully saturated rings. The third-order valence-electron chi connectivity index (χ3n) is 4.92. The van der Waals surface area contributed by atoms with Crippen LogP contribution in [0.15, 0.2) is 42.5 Å². The number of hydrogen-bond donors (Lipinski definition) is 1. The van der Waals surface area contributed by atoms with Crippen molar-refractivity contribution in [2.45, 2.75) is 18.9 Å². The van der Waals surface area contributed by atoms with Crippen LogP contribution in [0.2, 0.25) is 0 Å². The van der Waals surface area contributed by atoms with E-state index in [0.29, 0.717) is 23.6 Å². The lowest BCUT2D eigenvalue weighted by Gasteiger charge is -2.28. The molecule has 5 nitrogen and oxygen atoms in total. The number of amides is 1. The summed E-state index contributed by atoms with van der Waals surface area (Å²) in [6, 6.07) is 11.6. The zero-order valence-corrected chi connectivity index (χ0v) is 15.7. The van der Waals surface area contributed by atoms with E-state index in [1.807, 2.05) is 18.2 Å². The average molecular weight is 372 g/mol. The van der Waals surface area contributed by atoms with Crippen molar-refractivity contribution in [2.75, 3.05) is 33.9 Å². The maximum Gasteiger partial charge on any atom is 0.251 e. The predicted molar refractivity (Wildman–Crippen MR) is 102 cm³/mol. The van der Waals surface area contributed by atoms with Crippen molar-refractivity contribution in [3.05, 3.63) is 59.4 Å². The normalized spacial score (nSPS) is 15.4. The Bertz CT molecular complexity index is 791. The lowest BCUT2D eigenvalue weighted by Crippen LogP contribution is -2.36. The van der Waals surface area contributed by atoms with E-state index in [-0.39, 0.29) is 11.9 Å². The highest BCUT2D eigenvalue weighted by molar-refractivity contribution is 5.94. The molecule has 1 aliphatic rings. The van der Waals surface area contributed by atoms with Gasteiger partial charge in [-0.15, -0.1) is 0 Å². The molecule has 1 N–H and O–H groups in total. The van der Waals surface area contributed by atoms with Gasteiger partial charge in [-0.3, -0.25) is 9.69 Å². The summed E-state index contributed by atoms with van der Waals surface area (Å²) < 4.78 is 24.1. The first kappa shape index (κ1) is 19.2. The van der Waals surface area contributed by atoms with E-state index in [4.69, 9.17) is 9.47 Å². The first-order valence-electron chi connectivity index (χ1n) is 9.12. The smallest absolute Gasteiger partial charge is 0.251 e. The molecule has 1 heterocycles. The van der Waals surface area contributed by atoms with Crippen molar-refractivity contribution in [3.63, 3.8) is 0 Å². The molecule has 0 saturated carbocycles. The minimum absolute atomic E-state index is 0.0183. The molecule has 0 aromatic heterocycles. The van der Waals surface area contributed by atoms with Gasteiger partial charge in [0.25, 0.3) is 5.91 Å². The second-order valence-electron chi connectivity index (χ2n) is 6.59. The number of hydrogen-bond acceptors (Lipinski definition) is 4. The van der Waals surface area contributed by atoms with Crippen molar-refractivity contribution in [1.29, 1.82) is 0 Å². The van der Waals surface area contributed by atoms with E-state index in [0.717, 1.165) is 31.5 Å². The van der Waals surface area contributed by atoms with Gasteiger partial charge in [-0.1, -0.05) is 12.1 Å². The molecule has 27 heavy (non-hydrogen) atoms. The average Bonchev–Trinajstić information content (AvgIpc) is 3.22. The summed E-state index contributed by atoms with van der Waals surface area (Å²) in [5.41, 5.74) is 1.37. The number of halogens is 1. The number of methoxy groups -OCH3 is 2. The molecule has 6 heteroatoms. The van der Waals surface area contributed by atoms with E-state index in [1.54, 1.807) is 20.3 Å². The molecular weight excluding hydrogens is 347 g/mol. The van der Waals surface area contributed by atoms with E-state index < -0.39 is 5.82 Å². The van der Waals surface area contributed by atoms with Gasteiger partial charge >= 0.3 is 0 Å². The second-order valence-corrected chi connectivity index (χ2v) is 6.59. The molecule has 144 valence electrons. The number of likely N-dealkylation sites (tertiary alicyclic amines) is 1. The number of carbonyl (C=O) groups excluding carboxylic acids is 1. The zero-order chi connectivity index (χ0) is 19.2. The first-order valence-corrected chi connectivity index (χ1v) is 9.12. The fraction of sp³-hybridized carbons (Fsp3) is 0.381.